The van der Waals surface area contributed by atoms with Crippen LogP contribution in [0.4, 0.5) is 5.69 Å². The van der Waals surface area contributed by atoms with Gasteiger partial charge < -0.3 is 10.4 Å². The molecule has 1 amide bonds. The zero-order valence-electron chi connectivity index (χ0n) is 13.8. The summed E-state index contributed by atoms with van der Waals surface area (Å²) >= 11 is 0. The number of hydrogen-bond acceptors (Lipinski definition) is 2. The first kappa shape index (κ1) is 15.8. The minimum absolute atomic E-state index is 0.475. The molecule has 126 valence electrons. The van der Waals surface area contributed by atoms with Gasteiger partial charge in [-0.3, -0.25) is 4.79 Å². The van der Waals surface area contributed by atoms with Crippen LogP contribution in [0.2, 0.25) is 0 Å². The molecule has 0 aliphatic carbocycles. The summed E-state index contributed by atoms with van der Waals surface area (Å²) in [6, 6.07) is 22.2. The van der Waals surface area contributed by atoms with Crippen molar-refractivity contribution in [3.63, 3.8) is 0 Å². The van der Waals surface area contributed by atoms with Crippen LogP contribution in [0.25, 0.3) is 32.3 Å². The van der Waals surface area contributed by atoms with E-state index in [1.807, 2.05) is 42.5 Å². The lowest BCUT2D eigenvalue weighted by Crippen LogP contribution is -2.08. The Morgan fingerprint density at radius 2 is 1.19 bits per heavy atom. The van der Waals surface area contributed by atoms with Crippen LogP contribution in [0, 0.1) is 0 Å². The summed E-state index contributed by atoms with van der Waals surface area (Å²) < 4.78 is 0. The highest BCUT2D eigenvalue weighted by molar-refractivity contribution is 6.25. The molecule has 0 aliphatic rings. The third-order valence-corrected chi connectivity index (χ3v) is 4.39. The Labute approximate surface area is 149 Å². The van der Waals surface area contributed by atoms with Crippen molar-refractivity contribution in [1.29, 1.82) is 0 Å². The van der Waals surface area contributed by atoms with E-state index < -0.39 is 11.9 Å². The molecule has 0 aliphatic heterocycles. The molecule has 2 N–H and O–H groups in total. The van der Waals surface area contributed by atoms with Gasteiger partial charge in [0.05, 0.1) is 0 Å². The number of carboxylic acids is 1. The second-order valence-corrected chi connectivity index (χ2v) is 6.01. The van der Waals surface area contributed by atoms with Crippen molar-refractivity contribution >= 4 is 49.9 Å². The fourth-order valence-corrected chi connectivity index (χ4v) is 3.32. The molecule has 0 bridgehead atoms. The van der Waals surface area contributed by atoms with Crippen molar-refractivity contribution < 1.29 is 14.7 Å². The van der Waals surface area contributed by atoms with Gasteiger partial charge in [0, 0.05) is 17.8 Å². The average molecular weight is 341 g/mol. The molecule has 0 saturated carbocycles. The zero-order chi connectivity index (χ0) is 18.1. The number of anilines is 1. The molecular weight excluding hydrogens is 326 g/mol. The molecular formula is C22H15NO3. The number of hydrogen-bond donors (Lipinski definition) is 2. The minimum Gasteiger partial charge on any atom is -0.478 e. The maximum atomic E-state index is 11.9. The number of rotatable bonds is 3. The predicted octanol–water partition coefficient (Wildman–Crippen LogP) is 4.73. The van der Waals surface area contributed by atoms with Crippen molar-refractivity contribution in [3.05, 3.63) is 78.9 Å². The van der Waals surface area contributed by atoms with Gasteiger partial charge in [0.15, 0.2) is 0 Å². The number of aliphatic carboxylic acids is 1. The highest BCUT2D eigenvalue weighted by Gasteiger charge is 2.09. The smallest absolute Gasteiger partial charge is 0.328 e. The lowest BCUT2D eigenvalue weighted by atomic mass is 9.94. The number of carboxylic acid groups (broad SMARTS) is 1. The second kappa shape index (κ2) is 6.33. The van der Waals surface area contributed by atoms with E-state index in [1.165, 1.54) is 5.39 Å². The SMILES string of the molecule is O=C(O)C=CC(=O)Nc1ccc2c3ccccc3c3ccccc3c2c1. The molecule has 0 saturated heterocycles. The van der Waals surface area contributed by atoms with Gasteiger partial charge in [-0.05, 0) is 44.5 Å². The number of fused-ring (bicyclic) bond motifs is 6. The minimum atomic E-state index is -1.16. The van der Waals surface area contributed by atoms with Crippen molar-refractivity contribution in [2.75, 3.05) is 5.32 Å². The molecule has 4 nitrogen and oxygen atoms in total. The molecule has 0 radical (unpaired) electrons. The number of amides is 1. The Morgan fingerprint density at radius 3 is 1.73 bits per heavy atom. The van der Waals surface area contributed by atoms with Crippen molar-refractivity contribution in [2.24, 2.45) is 0 Å². The monoisotopic (exact) mass is 341 g/mol. The highest BCUT2D eigenvalue weighted by atomic mass is 16.4. The van der Waals surface area contributed by atoms with Crippen LogP contribution in [-0.4, -0.2) is 17.0 Å². The first-order valence-corrected chi connectivity index (χ1v) is 8.19. The van der Waals surface area contributed by atoms with Gasteiger partial charge in [0.25, 0.3) is 0 Å². The number of carbonyl (C=O) groups is 2. The van der Waals surface area contributed by atoms with Gasteiger partial charge in [-0.25, -0.2) is 4.79 Å². The van der Waals surface area contributed by atoms with Gasteiger partial charge in [-0.2, -0.15) is 0 Å². The molecule has 4 aromatic rings. The van der Waals surface area contributed by atoms with Crippen molar-refractivity contribution in [2.45, 2.75) is 0 Å². The zero-order valence-corrected chi connectivity index (χ0v) is 13.8. The van der Waals surface area contributed by atoms with E-state index in [4.69, 9.17) is 5.11 Å². The number of carbonyl (C=O) groups excluding carboxylic acids is 1. The van der Waals surface area contributed by atoms with Crippen LogP contribution >= 0.6 is 0 Å². The largest absolute Gasteiger partial charge is 0.478 e. The molecule has 0 atom stereocenters. The molecule has 0 spiro atoms. The average Bonchev–Trinajstić information content (AvgIpc) is 2.66. The molecule has 4 rings (SSSR count). The topological polar surface area (TPSA) is 66.4 Å². The van der Waals surface area contributed by atoms with E-state index in [2.05, 4.69) is 29.6 Å². The fourth-order valence-electron chi connectivity index (χ4n) is 3.32. The lowest BCUT2D eigenvalue weighted by Gasteiger charge is -2.11. The van der Waals surface area contributed by atoms with E-state index >= 15 is 0 Å². The lowest BCUT2D eigenvalue weighted by molar-refractivity contribution is -0.131. The highest BCUT2D eigenvalue weighted by Crippen LogP contribution is 2.35. The van der Waals surface area contributed by atoms with Crippen LogP contribution in [0.5, 0.6) is 0 Å². The predicted molar refractivity (Wildman–Crippen MR) is 104 cm³/mol. The van der Waals surface area contributed by atoms with Crippen molar-refractivity contribution in [3.8, 4) is 0 Å². The maximum absolute atomic E-state index is 11.9. The van der Waals surface area contributed by atoms with Gasteiger partial charge in [0.2, 0.25) is 5.91 Å². The quantitative estimate of drug-likeness (QED) is 0.418. The van der Waals surface area contributed by atoms with E-state index in [-0.39, 0.29) is 0 Å². The van der Waals surface area contributed by atoms with Crippen LogP contribution in [0.1, 0.15) is 0 Å². The first-order valence-electron chi connectivity index (χ1n) is 8.19. The second-order valence-electron chi connectivity index (χ2n) is 6.01. The van der Waals surface area contributed by atoms with Crippen molar-refractivity contribution in [1.82, 2.24) is 0 Å². The summed E-state index contributed by atoms with van der Waals surface area (Å²) in [6.45, 7) is 0. The summed E-state index contributed by atoms with van der Waals surface area (Å²) in [5, 5.41) is 18.1. The molecule has 26 heavy (non-hydrogen) atoms. The van der Waals surface area contributed by atoms with Gasteiger partial charge in [-0.15, -0.1) is 0 Å². The molecule has 0 fully saturated rings. The standard InChI is InChI=1S/C22H15NO3/c24-21(11-12-22(25)26)23-14-9-10-19-17-7-2-1-5-15(17)16-6-3-4-8-18(16)20(19)13-14/h1-13H,(H,23,24)(H,25,26). The number of benzene rings is 4. The number of nitrogens with one attached hydrogen (secondary N) is 1. The summed E-state index contributed by atoms with van der Waals surface area (Å²) in [4.78, 5) is 22.4. The third kappa shape index (κ3) is 2.78. The van der Waals surface area contributed by atoms with Crippen LogP contribution in [-0.2, 0) is 9.59 Å². The summed E-state index contributed by atoms with van der Waals surface area (Å²) in [7, 11) is 0. The Balaban J connectivity index is 1.91. The van der Waals surface area contributed by atoms with E-state index in [1.54, 1.807) is 0 Å². The molecule has 0 unspecified atom stereocenters. The van der Waals surface area contributed by atoms with E-state index in [0.29, 0.717) is 5.69 Å². The summed E-state index contributed by atoms with van der Waals surface area (Å²) in [5.41, 5.74) is 0.623. The third-order valence-electron chi connectivity index (χ3n) is 4.39. The van der Waals surface area contributed by atoms with E-state index in [9.17, 15) is 9.59 Å². The van der Waals surface area contributed by atoms with Crippen LogP contribution in [0.15, 0.2) is 78.9 Å². The fraction of sp³-hybridized carbons (Fsp3) is 0. The molecule has 4 aromatic carbocycles. The molecule has 4 heteroatoms. The van der Waals surface area contributed by atoms with Gasteiger partial charge >= 0.3 is 5.97 Å². The Kier molecular flexibility index (Phi) is 3.86. The maximum Gasteiger partial charge on any atom is 0.328 e. The van der Waals surface area contributed by atoms with E-state index in [0.717, 1.165) is 39.1 Å². The van der Waals surface area contributed by atoms with Gasteiger partial charge in [0.1, 0.15) is 0 Å². The molecule has 0 heterocycles. The summed E-state index contributed by atoms with van der Waals surface area (Å²) in [5.74, 6) is -1.63. The van der Waals surface area contributed by atoms with Crippen LogP contribution < -0.4 is 5.32 Å². The molecule has 0 aromatic heterocycles. The normalized spacial score (nSPS) is 11.4. The summed E-state index contributed by atoms with van der Waals surface area (Å²) in [6.07, 6.45) is 1.82. The van der Waals surface area contributed by atoms with Crippen LogP contribution in [0.3, 0.4) is 0 Å². The van der Waals surface area contributed by atoms with Gasteiger partial charge in [-0.1, -0.05) is 54.6 Å². The Morgan fingerprint density at radius 1 is 0.692 bits per heavy atom. The Bertz CT molecular complexity index is 1170. The first-order chi connectivity index (χ1) is 12.6. The Hall–Kier alpha value is -3.66.